The summed E-state index contributed by atoms with van der Waals surface area (Å²) >= 11 is 0. The van der Waals surface area contributed by atoms with Gasteiger partial charge in [-0.1, -0.05) is 45.4 Å². The fourth-order valence-corrected chi connectivity index (χ4v) is 6.04. The molecule has 0 spiro atoms. The standard InChI is InChI=1S/C20H34N4O4Si/c1-4-5-6-7-8-9-12-29(2,3)28-18-15(13-21)19(27-16(18)14-25)24-11-10-17(22)23-20(24)26/h10-11,15-16,18-19,25H,4-9,12,14H2,1-3H3,(H2,22,23,26)/t15-,16+,18-,19+/m0/s1. The van der Waals surface area contributed by atoms with Crippen molar-refractivity contribution in [2.75, 3.05) is 12.3 Å². The van der Waals surface area contributed by atoms with Crippen LogP contribution in [0.4, 0.5) is 5.82 Å². The molecule has 1 aliphatic rings. The van der Waals surface area contributed by atoms with Gasteiger partial charge in [0.05, 0.1) is 18.8 Å². The monoisotopic (exact) mass is 422 g/mol. The van der Waals surface area contributed by atoms with Crippen LogP contribution in [-0.4, -0.2) is 41.8 Å². The number of aliphatic hydroxyl groups excluding tert-OH is 1. The molecule has 8 nitrogen and oxygen atoms in total. The topological polar surface area (TPSA) is 123 Å². The number of aliphatic hydroxyl groups is 1. The number of hydrogen-bond acceptors (Lipinski definition) is 7. The summed E-state index contributed by atoms with van der Waals surface area (Å²) in [6, 6.07) is 4.69. The van der Waals surface area contributed by atoms with Gasteiger partial charge in [0.15, 0.2) is 14.5 Å². The van der Waals surface area contributed by atoms with Crippen LogP contribution in [0.2, 0.25) is 19.1 Å². The van der Waals surface area contributed by atoms with Crippen molar-refractivity contribution in [3.05, 3.63) is 22.7 Å². The second kappa shape index (κ2) is 10.9. The summed E-state index contributed by atoms with van der Waals surface area (Å²) in [6.07, 6.45) is 6.66. The molecule has 1 saturated heterocycles. The van der Waals surface area contributed by atoms with Gasteiger partial charge in [0.25, 0.3) is 0 Å². The van der Waals surface area contributed by atoms with E-state index in [-0.39, 0.29) is 12.4 Å². The zero-order chi connectivity index (χ0) is 21.4. The molecule has 0 saturated carbocycles. The number of aromatic nitrogens is 2. The van der Waals surface area contributed by atoms with Crippen LogP contribution in [0.3, 0.4) is 0 Å². The maximum atomic E-state index is 12.2. The summed E-state index contributed by atoms with van der Waals surface area (Å²) in [5.41, 5.74) is 4.97. The first kappa shape index (κ1) is 23.5. The second-order valence-electron chi connectivity index (χ2n) is 8.30. The van der Waals surface area contributed by atoms with E-state index in [9.17, 15) is 15.2 Å². The van der Waals surface area contributed by atoms with Gasteiger partial charge in [0.1, 0.15) is 17.8 Å². The number of nitrogens with zero attached hydrogens (tertiary/aromatic N) is 3. The first-order chi connectivity index (χ1) is 13.8. The second-order valence-corrected chi connectivity index (χ2v) is 12.6. The lowest BCUT2D eigenvalue weighted by atomic mass is 10.0. The Labute approximate surface area is 173 Å². The lowest BCUT2D eigenvalue weighted by Gasteiger charge is -2.30. The van der Waals surface area contributed by atoms with Crippen molar-refractivity contribution in [2.45, 2.75) is 83.0 Å². The molecule has 9 heteroatoms. The van der Waals surface area contributed by atoms with Crippen LogP contribution in [-0.2, 0) is 9.16 Å². The highest BCUT2D eigenvalue weighted by atomic mass is 28.4. The molecule has 0 aromatic carbocycles. The minimum absolute atomic E-state index is 0.108. The molecular formula is C20H34N4O4Si. The molecule has 0 aliphatic carbocycles. The molecule has 29 heavy (non-hydrogen) atoms. The Bertz CT molecular complexity index is 749. The highest BCUT2D eigenvalue weighted by molar-refractivity contribution is 6.71. The Morgan fingerprint density at radius 2 is 2.03 bits per heavy atom. The zero-order valence-electron chi connectivity index (χ0n) is 17.7. The van der Waals surface area contributed by atoms with E-state index in [0.717, 1.165) is 12.5 Å². The van der Waals surface area contributed by atoms with Gasteiger partial charge >= 0.3 is 5.69 Å². The summed E-state index contributed by atoms with van der Waals surface area (Å²) in [4.78, 5) is 15.9. The molecule has 162 valence electrons. The van der Waals surface area contributed by atoms with E-state index >= 15 is 0 Å². The Morgan fingerprint density at radius 3 is 2.66 bits per heavy atom. The smallest absolute Gasteiger partial charge is 0.351 e. The van der Waals surface area contributed by atoms with Gasteiger partial charge in [0, 0.05) is 6.20 Å². The Balaban J connectivity index is 2.06. The van der Waals surface area contributed by atoms with E-state index in [1.807, 2.05) is 0 Å². The molecular weight excluding hydrogens is 388 g/mol. The maximum absolute atomic E-state index is 12.2. The van der Waals surface area contributed by atoms with Crippen LogP contribution in [0.15, 0.2) is 17.1 Å². The molecule has 0 amide bonds. The third-order valence-corrected chi connectivity index (χ3v) is 7.85. The SMILES string of the molecule is CCCCCCCC[Si](C)(C)O[C@H]1[C@H](C#N)[C@H](n2ccc(N)nc2=O)O[C@@H]1CO. The van der Waals surface area contributed by atoms with E-state index in [1.54, 1.807) is 0 Å². The zero-order valence-corrected chi connectivity index (χ0v) is 18.7. The van der Waals surface area contributed by atoms with Gasteiger partial charge in [-0.15, -0.1) is 0 Å². The number of unbranched alkanes of at least 4 members (excludes halogenated alkanes) is 5. The van der Waals surface area contributed by atoms with Crippen molar-refractivity contribution in [1.82, 2.24) is 9.55 Å². The van der Waals surface area contributed by atoms with Crippen LogP contribution in [0, 0.1) is 17.2 Å². The number of anilines is 1. The summed E-state index contributed by atoms with van der Waals surface area (Å²) in [5, 5.41) is 19.6. The van der Waals surface area contributed by atoms with Gasteiger partial charge in [-0.2, -0.15) is 10.2 Å². The number of nitrogen functional groups attached to an aromatic ring is 1. The van der Waals surface area contributed by atoms with Gasteiger partial charge in [-0.3, -0.25) is 4.57 Å². The van der Waals surface area contributed by atoms with Gasteiger partial charge in [0.2, 0.25) is 0 Å². The molecule has 0 bridgehead atoms. The van der Waals surface area contributed by atoms with Gasteiger partial charge < -0.3 is 20.0 Å². The quantitative estimate of drug-likeness (QED) is 0.415. The van der Waals surface area contributed by atoms with Crippen LogP contribution in [0.5, 0.6) is 0 Å². The summed E-state index contributed by atoms with van der Waals surface area (Å²) in [6.45, 7) is 6.19. The average Bonchev–Trinajstić information content (AvgIpc) is 3.01. The van der Waals surface area contributed by atoms with Crippen LogP contribution in [0.25, 0.3) is 0 Å². The number of hydrogen-bond donors (Lipinski definition) is 2. The Morgan fingerprint density at radius 1 is 1.34 bits per heavy atom. The predicted octanol–water partition coefficient (Wildman–Crippen LogP) is 2.81. The third-order valence-electron chi connectivity index (χ3n) is 5.38. The maximum Gasteiger partial charge on any atom is 0.351 e. The molecule has 1 aromatic rings. The van der Waals surface area contributed by atoms with Crippen LogP contribution >= 0.6 is 0 Å². The third kappa shape index (κ3) is 6.37. The van der Waals surface area contributed by atoms with Crippen molar-refractivity contribution < 1.29 is 14.3 Å². The summed E-state index contributed by atoms with van der Waals surface area (Å²) in [5.74, 6) is -0.608. The lowest BCUT2D eigenvalue weighted by Crippen LogP contribution is -2.43. The molecule has 4 atom stereocenters. The first-order valence-electron chi connectivity index (χ1n) is 10.5. The van der Waals surface area contributed by atoms with E-state index in [0.29, 0.717) is 0 Å². The molecule has 3 N–H and O–H groups in total. The summed E-state index contributed by atoms with van der Waals surface area (Å²) in [7, 11) is -2.07. The van der Waals surface area contributed by atoms with E-state index in [2.05, 4.69) is 31.1 Å². The molecule has 0 unspecified atom stereocenters. The molecule has 1 fully saturated rings. The van der Waals surface area contributed by atoms with Crippen LogP contribution in [0.1, 0.15) is 51.7 Å². The molecule has 2 heterocycles. The summed E-state index contributed by atoms with van der Waals surface area (Å²) < 4.78 is 13.5. The van der Waals surface area contributed by atoms with Gasteiger partial charge in [-0.05, 0) is 25.2 Å². The molecule has 1 aliphatic heterocycles. The molecule has 0 radical (unpaired) electrons. The van der Waals surface area contributed by atoms with Crippen LogP contribution < -0.4 is 11.4 Å². The van der Waals surface area contributed by atoms with Crippen molar-refractivity contribution in [2.24, 2.45) is 5.92 Å². The highest BCUT2D eigenvalue weighted by Gasteiger charge is 2.48. The van der Waals surface area contributed by atoms with E-state index < -0.39 is 38.4 Å². The predicted molar refractivity (Wildman–Crippen MR) is 114 cm³/mol. The van der Waals surface area contributed by atoms with E-state index in [1.165, 1.54) is 48.9 Å². The van der Waals surface area contributed by atoms with E-state index in [4.69, 9.17) is 14.9 Å². The lowest BCUT2D eigenvalue weighted by molar-refractivity contribution is -0.0447. The van der Waals surface area contributed by atoms with Crippen molar-refractivity contribution in [3.63, 3.8) is 0 Å². The first-order valence-corrected chi connectivity index (χ1v) is 13.6. The van der Waals surface area contributed by atoms with Crippen molar-refractivity contribution in [1.29, 1.82) is 5.26 Å². The average molecular weight is 423 g/mol. The van der Waals surface area contributed by atoms with Crippen molar-refractivity contribution in [3.8, 4) is 6.07 Å². The number of nitrogens with two attached hydrogens (primary N) is 1. The Kier molecular flexibility index (Phi) is 8.83. The van der Waals surface area contributed by atoms with Gasteiger partial charge in [-0.25, -0.2) is 4.79 Å². The molecule has 1 aromatic heterocycles. The largest absolute Gasteiger partial charge is 0.410 e. The van der Waals surface area contributed by atoms with Crippen molar-refractivity contribution >= 4 is 14.1 Å². The Hall–Kier alpha value is -1.73. The highest BCUT2D eigenvalue weighted by Crippen LogP contribution is 2.37. The normalized spacial score (nSPS) is 24.5. The number of ether oxygens (including phenoxy) is 1. The fraction of sp³-hybridized carbons (Fsp3) is 0.750. The number of nitriles is 1. The molecule has 2 rings (SSSR count). The number of rotatable bonds is 11. The minimum atomic E-state index is -2.07. The minimum Gasteiger partial charge on any atom is -0.410 e. The fourth-order valence-electron chi connectivity index (χ4n) is 3.78.